The number of hydrogen-bond donors (Lipinski definition) is 1. The number of aryl methyl sites for hydroxylation is 1. The van der Waals surface area contributed by atoms with E-state index in [2.05, 4.69) is 4.72 Å². The van der Waals surface area contributed by atoms with Gasteiger partial charge in [0.05, 0.1) is 24.2 Å². The molecule has 0 radical (unpaired) electrons. The molecule has 1 N–H and O–H groups in total. The summed E-state index contributed by atoms with van der Waals surface area (Å²) in [6.07, 6.45) is -0.156. The lowest BCUT2D eigenvalue weighted by molar-refractivity contribution is -0.116. The molecule has 0 saturated carbocycles. The Kier molecular flexibility index (Phi) is 5.30. The van der Waals surface area contributed by atoms with E-state index in [1.54, 1.807) is 19.1 Å². The van der Waals surface area contributed by atoms with Crippen molar-refractivity contribution in [2.24, 2.45) is 0 Å². The Labute approximate surface area is 168 Å². The fraction of sp³-hybridized carbons (Fsp3) is 0.235. The van der Waals surface area contributed by atoms with Crippen LogP contribution in [0.4, 0.5) is 11.4 Å². The second-order valence-electron chi connectivity index (χ2n) is 6.13. The van der Waals surface area contributed by atoms with E-state index in [1.165, 1.54) is 25.3 Å². The number of sulfonamides is 2. The van der Waals surface area contributed by atoms with Crippen molar-refractivity contribution in [2.75, 3.05) is 21.9 Å². The molecule has 1 saturated heterocycles. The van der Waals surface area contributed by atoms with Gasteiger partial charge in [0.25, 0.3) is 10.0 Å². The van der Waals surface area contributed by atoms with Crippen molar-refractivity contribution < 1.29 is 26.4 Å². The minimum atomic E-state index is -4.16. The Morgan fingerprint density at radius 1 is 1.18 bits per heavy atom. The van der Waals surface area contributed by atoms with Gasteiger partial charge in [0.15, 0.2) is 0 Å². The second-order valence-corrected chi connectivity index (χ2v) is 10.1. The SMILES string of the molecule is COc1ccc(N2C(=O)CCS2(=O)=O)cc1S(=O)(=O)Nc1ccc(C)c(Cl)c1. The predicted octanol–water partition coefficient (Wildman–Crippen LogP) is 2.52. The molecule has 0 spiro atoms. The van der Waals surface area contributed by atoms with Crippen LogP contribution < -0.4 is 13.8 Å². The van der Waals surface area contributed by atoms with Gasteiger partial charge < -0.3 is 4.74 Å². The Balaban J connectivity index is 2.06. The molecule has 150 valence electrons. The van der Waals surface area contributed by atoms with Gasteiger partial charge in [0, 0.05) is 11.4 Å². The molecule has 0 aliphatic carbocycles. The summed E-state index contributed by atoms with van der Waals surface area (Å²) >= 11 is 6.04. The fourth-order valence-electron chi connectivity index (χ4n) is 2.74. The summed E-state index contributed by atoms with van der Waals surface area (Å²) in [5, 5.41) is 0.384. The maximum absolute atomic E-state index is 12.9. The number of halogens is 1. The van der Waals surface area contributed by atoms with Crippen LogP contribution in [-0.4, -0.2) is 35.6 Å². The van der Waals surface area contributed by atoms with Crippen LogP contribution in [0.1, 0.15) is 12.0 Å². The van der Waals surface area contributed by atoms with Gasteiger partial charge >= 0.3 is 0 Å². The zero-order chi connectivity index (χ0) is 20.7. The highest BCUT2D eigenvalue weighted by Gasteiger charge is 2.37. The summed E-state index contributed by atoms with van der Waals surface area (Å²) in [6.45, 7) is 1.78. The molecule has 28 heavy (non-hydrogen) atoms. The standard InChI is InChI=1S/C17H17ClN2O6S2/c1-11-3-4-12(9-14(11)18)19-28(24,25)16-10-13(5-6-15(16)26-2)20-17(21)7-8-27(20,22)23/h3-6,9-10,19H,7-8H2,1-2H3. The van der Waals surface area contributed by atoms with Gasteiger partial charge in [-0.2, -0.15) is 0 Å². The summed E-state index contributed by atoms with van der Waals surface area (Å²) in [5.74, 6) is -0.939. The Morgan fingerprint density at radius 3 is 2.46 bits per heavy atom. The molecule has 0 atom stereocenters. The molecule has 0 unspecified atom stereocenters. The Bertz CT molecular complexity index is 1160. The maximum atomic E-state index is 12.9. The number of nitrogens with one attached hydrogen (secondary N) is 1. The van der Waals surface area contributed by atoms with Gasteiger partial charge in [-0.15, -0.1) is 0 Å². The number of benzene rings is 2. The highest BCUT2D eigenvalue weighted by Crippen LogP contribution is 2.33. The van der Waals surface area contributed by atoms with Gasteiger partial charge in [-0.3, -0.25) is 9.52 Å². The van der Waals surface area contributed by atoms with Gasteiger partial charge in [0.1, 0.15) is 10.6 Å². The monoisotopic (exact) mass is 444 g/mol. The van der Waals surface area contributed by atoms with Crippen molar-refractivity contribution in [2.45, 2.75) is 18.2 Å². The first-order valence-electron chi connectivity index (χ1n) is 8.08. The molecule has 11 heteroatoms. The molecule has 1 aliphatic heterocycles. The predicted molar refractivity (Wildman–Crippen MR) is 106 cm³/mol. The average Bonchev–Trinajstić information content (AvgIpc) is 2.90. The lowest BCUT2D eigenvalue weighted by Gasteiger charge is -2.18. The van der Waals surface area contributed by atoms with Crippen LogP contribution in [0.3, 0.4) is 0 Å². The lowest BCUT2D eigenvalue weighted by Crippen LogP contribution is -2.29. The van der Waals surface area contributed by atoms with Crippen LogP contribution in [-0.2, 0) is 24.8 Å². The second kappa shape index (κ2) is 7.26. The first-order chi connectivity index (χ1) is 13.0. The zero-order valence-corrected chi connectivity index (χ0v) is 17.4. The Hall–Kier alpha value is -2.30. The van der Waals surface area contributed by atoms with E-state index in [0.29, 0.717) is 9.33 Å². The lowest BCUT2D eigenvalue weighted by atomic mass is 10.2. The largest absolute Gasteiger partial charge is 0.495 e. The Morgan fingerprint density at radius 2 is 1.89 bits per heavy atom. The van der Waals surface area contributed by atoms with Crippen LogP contribution in [0.2, 0.25) is 5.02 Å². The van der Waals surface area contributed by atoms with E-state index in [1.807, 2.05) is 0 Å². The maximum Gasteiger partial charge on any atom is 0.265 e. The van der Waals surface area contributed by atoms with Crippen LogP contribution in [0.15, 0.2) is 41.3 Å². The molecular weight excluding hydrogens is 428 g/mol. The van der Waals surface area contributed by atoms with Gasteiger partial charge in [0.2, 0.25) is 15.9 Å². The number of nitrogens with zero attached hydrogens (tertiary/aromatic N) is 1. The first-order valence-corrected chi connectivity index (χ1v) is 11.5. The van der Waals surface area contributed by atoms with Crippen LogP contribution >= 0.6 is 11.6 Å². The van der Waals surface area contributed by atoms with E-state index in [4.69, 9.17) is 16.3 Å². The molecule has 1 amide bonds. The molecule has 0 bridgehead atoms. The number of ether oxygens (including phenoxy) is 1. The average molecular weight is 445 g/mol. The third kappa shape index (κ3) is 3.80. The molecule has 2 aromatic rings. The molecule has 1 aliphatic rings. The van der Waals surface area contributed by atoms with Crippen molar-refractivity contribution >= 4 is 48.9 Å². The van der Waals surface area contributed by atoms with Crippen LogP contribution in [0.25, 0.3) is 0 Å². The summed E-state index contributed by atoms with van der Waals surface area (Å²) < 4.78 is 58.2. The molecule has 3 rings (SSSR count). The quantitative estimate of drug-likeness (QED) is 0.758. The van der Waals surface area contributed by atoms with Gasteiger partial charge in [-0.25, -0.2) is 21.1 Å². The number of methoxy groups -OCH3 is 1. The van der Waals surface area contributed by atoms with E-state index >= 15 is 0 Å². The van der Waals surface area contributed by atoms with E-state index < -0.39 is 26.0 Å². The summed E-state index contributed by atoms with van der Waals surface area (Å²) in [7, 11) is -6.70. The van der Waals surface area contributed by atoms with Gasteiger partial charge in [-0.1, -0.05) is 17.7 Å². The number of rotatable bonds is 5. The third-order valence-electron chi connectivity index (χ3n) is 4.17. The number of hydrogen-bond acceptors (Lipinski definition) is 6. The van der Waals surface area contributed by atoms with Crippen molar-refractivity contribution in [1.82, 2.24) is 0 Å². The van der Waals surface area contributed by atoms with Crippen LogP contribution in [0, 0.1) is 6.92 Å². The number of carbonyl (C=O) groups is 1. The first kappa shape index (κ1) is 20.4. The number of amides is 1. The molecular formula is C17H17ClN2O6S2. The van der Waals surface area contributed by atoms with E-state index in [0.717, 1.165) is 11.6 Å². The zero-order valence-electron chi connectivity index (χ0n) is 15.0. The van der Waals surface area contributed by atoms with Crippen molar-refractivity contribution in [1.29, 1.82) is 0 Å². The third-order valence-corrected chi connectivity index (χ3v) is 7.67. The van der Waals surface area contributed by atoms with Crippen molar-refractivity contribution in [3.63, 3.8) is 0 Å². The summed E-state index contributed by atoms with van der Waals surface area (Å²) in [4.78, 5) is 11.7. The van der Waals surface area contributed by atoms with E-state index in [-0.39, 0.29) is 34.2 Å². The molecule has 1 heterocycles. The van der Waals surface area contributed by atoms with Crippen molar-refractivity contribution in [3.8, 4) is 5.75 Å². The normalized spacial score (nSPS) is 16.2. The topological polar surface area (TPSA) is 110 Å². The molecule has 0 aromatic heterocycles. The van der Waals surface area contributed by atoms with Crippen molar-refractivity contribution in [3.05, 3.63) is 47.0 Å². The smallest absolute Gasteiger partial charge is 0.265 e. The van der Waals surface area contributed by atoms with Crippen LogP contribution in [0.5, 0.6) is 5.75 Å². The highest BCUT2D eigenvalue weighted by atomic mass is 35.5. The number of anilines is 2. The van der Waals surface area contributed by atoms with E-state index in [9.17, 15) is 21.6 Å². The summed E-state index contributed by atoms with van der Waals surface area (Å²) in [5.41, 5.74) is 0.945. The summed E-state index contributed by atoms with van der Waals surface area (Å²) in [6, 6.07) is 8.37. The molecule has 1 fully saturated rings. The highest BCUT2D eigenvalue weighted by molar-refractivity contribution is 7.94. The minimum Gasteiger partial charge on any atom is -0.495 e. The van der Waals surface area contributed by atoms with Gasteiger partial charge in [-0.05, 0) is 42.8 Å². The molecule has 8 nitrogen and oxygen atoms in total. The fourth-order valence-corrected chi connectivity index (χ4v) is 5.61. The minimum absolute atomic E-state index is 0.00139. The molecule has 2 aromatic carbocycles. The number of carbonyl (C=O) groups excluding carboxylic acids is 1.